The van der Waals surface area contributed by atoms with Crippen LogP contribution >= 0.6 is 11.6 Å². The monoisotopic (exact) mass is 268 g/mol. The molecule has 0 aliphatic carbocycles. The summed E-state index contributed by atoms with van der Waals surface area (Å²) in [6, 6.07) is 6.26. The number of rotatable bonds is 4. The van der Waals surface area contributed by atoms with E-state index >= 15 is 0 Å². The van der Waals surface area contributed by atoms with E-state index in [9.17, 15) is 0 Å². The zero-order valence-corrected chi connectivity index (χ0v) is 11.7. The number of hydrogen-bond donors (Lipinski definition) is 1. The molecule has 0 aromatic heterocycles. The number of piperazine rings is 1. The molecule has 0 radical (unpaired) electrons. The molecule has 1 aliphatic rings. The largest absolute Gasteiger partial charge is 0.395 e. The fourth-order valence-electron chi connectivity index (χ4n) is 2.38. The molecule has 18 heavy (non-hydrogen) atoms. The summed E-state index contributed by atoms with van der Waals surface area (Å²) in [5.41, 5.74) is 2.47. The summed E-state index contributed by atoms with van der Waals surface area (Å²) in [4.78, 5) is 4.76. The van der Waals surface area contributed by atoms with Gasteiger partial charge in [0, 0.05) is 44.3 Å². The Kier molecular flexibility index (Phi) is 5.01. The first-order valence-corrected chi connectivity index (χ1v) is 6.87. The van der Waals surface area contributed by atoms with Gasteiger partial charge in [0.2, 0.25) is 0 Å². The molecule has 0 amide bonds. The molecule has 1 aromatic carbocycles. The highest BCUT2D eigenvalue weighted by Crippen LogP contribution is 2.17. The van der Waals surface area contributed by atoms with Gasteiger partial charge in [-0.25, -0.2) is 0 Å². The van der Waals surface area contributed by atoms with Crippen LogP contribution in [0.1, 0.15) is 11.1 Å². The third-order valence-corrected chi connectivity index (χ3v) is 3.93. The second-order valence-corrected chi connectivity index (χ2v) is 5.33. The molecule has 1 saturated heterocycles. The minimum absolute atomic E-state index is 0.260. The van der Waals surface area contributed by atoms with Crippen LogP contribution in [-0.2, 0) is 6.54 Å². The van der Waals surface area contributed by atoms with Crippen molar-refractivity contribution in [3.8, 4) is 0 Å². The van der Waals surface area contributed by atoms with Gasteiger partial charge in [0.1, 0.15) is 0 Å². The van der Waals surface area contributed by atoms with Crippen LogP contribution < -0.4 is 0 Å². The normalized spacial score (nSPS) is 18.2. The summed E-state index contributed by atoms with van der Waals surface area (Å²) in [6.45, 7) is 8.34. The Bertz CT molecular complexity index is 389. The Morgan fingerprint density at radius 2 is 1.83 bits per heavy atom. The number of aliphatic hydroxyl groups is 1. The van der Waals surface area contributed by atoms with E-state index < -0.39 is 0 Å². The van der Waals surface area contributed by atoms with Gasteiger partial charge < -0.3 is 5.11 Å². The van der Waals surface area contributed by atoms with Crippen molar-refractivity contribution < 1.29 is 5.11 Å². The second kappa shape index (κ2) is 6.53. The van der Waals surface area contributed by atoms with Crippen molar-refractivity contribution in [2.24, 2.45) is 0 Å². The number of benzene rings is 1. The number of β-amino-alcohol motifs (C(OH)–C–C–N with tert-alkyl or cyclic N) is 1. The summed E-state index contributed by atoms with van der Waals surface area (Å²) < 4.78 is 0. The Labute approximate surface area is 114 Å². The molecule has 1 aromatic rings. The summed E-state index contributed by atoms with van der Waals surface area (Å²) in [5, 5.41) is 9.75. The van der Waals surface area contributed by atoms with E-state index in [-0.39, 0.29) is 6.61 Å². The number of halogens is 1. The van der Waals surface area contributed by atoms with Gasteiger partial charge in [-0.15, -0.1) is 0 Å². The summed E-state index contributed by atoms with van der Waals surface area (Å²) in [5.74, 6) is 0. The van der Waals surface area contributed by atoms with Gasteiger partial charge in [0.05, 0.1) is 6.61 Å². The third-order valence-electron chi connectivity index (χ3n) is 3.51. The fourth-order valence-corrected chi connectivity index (χ4v) is 2.49. The molecule has 2 rings (SSSR count). The maximum Gasteiger partial charge on any atom is 0.0558 e. The molecule has 3 nitrogen and oxygen atoms in total. The van der Waals surface area contributed by atoms with E-state index in [1.54, 1.807) is 0 Å². The number of hydrogen-bond acceptors (Lipinski definition) is 3. The van der Waals surface area contributed by atoms with Crippen LogP contribution in [0.4, 0.5) is 0 Å². The molecule has 1 fully saturated rings. The SMILES string of the molecule is Cc1cc(CN2CCN(CCO)CC2)ccc1Cl. The van der Waals surface area contributed by atoms with Crippen molar-refractivity contribution in [3.05, 3.63) is 34.3 Å². The van der Waals surface area contributed by atoms with Gasteiger partial charge in [-0.1, -0.05) is 23.7 Å². The lowest BCUT2D eigenvalue weighted by Gasteiger charge is -2.34. The first-order valence-electron chi connectivity index (χ1n) is 6.49. The first-order chi connectivity index (χ1) is 8.69. The summed E-state index contributed by atoms with van der Waals surface area (Å²) >= 11 is 6.03. The third kappa shape index (κ3) is 3.69. The van der Waals surface area contributed by atoms with Gasteiger partial charge in [-0.3, -0.25) is 9.80 Å². The Balaban J connectivity index is 1.85. The molecular formula is C14H21ClN2O. The van der Waals surface area contributed by atoms with Crippen molar-refractivity contribution in [1.29, 1.82) is 0 Å². The molecular weight excluding hydrogens is 248 g/mol. The quantitative estimate of drug-likeness (QED) is 0.902. The van der Waals surface area contributed by atoms with Crippen molar-refractivity contribution in [2.75, 3.05) is 39.3 Å². The van der Waals surface area contributed by atoms with Crippen molar-refractivity contribution in [2.45, 2.75) is 13.5 Å². The van der Waals surface area contributed by atoms with Crippen LogP contribution in [0.5, 0.6) is 0 Å². The van der Waals surface area contributed by atoms with Gasteiger partial charge in [0.25, 0.3) is 0 Å². The summed E-state index contributed by atoms with van der Waals surface area (Å²) in [6.07, 6.45) is 0. The van der Waals surface area contributed by atoms with E-state index in [0.717, 1.165) is 49.9 Å². The predicted molar refractivity (Wildman–Crippen MR) is 75.0 cm³/mol. The van der Waals surface area contributed by atoms with Crippen molar-refractivity contribution in [1.82, 2.24) is 9.80 Å². The number of aliphatic hydroxyl groups excluding tert-OH is 1. The van der Waals surface area contributed by atoms with E-state index in [2.05, 4.69) is 21.9 Å². The Hall–Kier alpha value is -0.610. The molecule has 0 unspecified atom stereocenters. The zero-order chi connectivity index (χ0) is 13.0. The molecule has 0 bridgehead atoms. The lowest BCUT2D eigenvalue weighted by molar-refractivity contribution is 0.108. The number of nitrogens with zero attached hydrogens (tertiary/aromatic N) is 2. The number of aryl methyl sites for hydroxylation is 1. The average molecular weight is 269 g/mol. The van der Waals surface area contributed by atoms with E-state index in [4.69, 9.17) is 16.7 Å². The topological polar surface area (TPSA) is 26.7 Å². The molecule has 4 heteroatoms. The summed E-state index contributed by atoms with van der Waals surface area (Å²) in [7, 11) is 0. The maximum absolute atomic E-state index is 8.91. The maximum atomic E-state index is 8.91. The average Bonchev–Trinajstić information content (AvgIpc) is 2.37. The zero-order valence-electron chi connectivity index (χ0n) is 10.9. The Morgan fingerprint density at radius 1 is 1.17 bits per heavy atom. The van der Waals surface area contributed by atoms with Crippen LogP contribution in [0, 0.1) is 6.92 Å². The van der Waals surface area contributed by atoms with Crippen LogP contribution in [0.15, 0.2) is 18.2 Å². The minimum Gasteiger partial charge on any atom is -0.395 e. The molecule has 1 N–H and O–H groups in total. The van der Waals surface area contributed by atoms with Crippen molar-refractivity contribution >= 4 is 11.6 Å². The molecule has 1 aliphatic heterocycles. The highest BCUT2D eigenvalue weighted by molar-refractivity contribution is 6.31. The minimum atomic E-state index is 0.260. The molecule has 100 valence electrons. The van der Waals surface area contributed by atoms with E-state index in [0.29, 0.717) is 0 Å². The Morgan fingerprint density at radius 3 is 2.44 bits per heavy atom. The van der Waals surface area contributed by atoms with Crippen LogP contribution in [0.25, 0.3) is 0 Å². The van der Waals surface area contributed by atoms with Gasteiger partial charge in [-0.2, -0.15) is 0 Å². The van der Waals surface area contributed by atoms with Gasteiger partial charge in [0.15, 0.2) is 0 Å². The van der Waals surface area contributed by atoms with Gasteiger partial charge in [-0.05, 0) is 24.1 Å². The predicted octanol–water partition coefficient (Wildman–Crippen LogP) is 1.76. The van der Waals surface area contributed by atoms with E-state index in [1.807, 2.05) is 13.0 Å². The van der Waals surface area contributed by atoms with Gasteiger partial charge >= 0.3 is 0 Å². The first kappa shape index (κ1) is 13.8. The smallest absolute Gasteiger partial charge is 0.0558 e. The highest BCUT2D eigenvalue weighted by Gasteiger charge is 2.16. The van der Waals surface area contributed by atoms with Crippen LogP contribution in [-0.4, -0.2) is 54.2 Å². The molecule has 1 heterocycles. The van der Waals surface area contributed by atoms with Crippen LogP contribution in [0.3, 0.4) is 0 Å². The standard InChI is InChI=1S/C14H21ClN2O/c1-12-10-13(2-3-14(12)15)11-17-6-4-16(5-7-17)8-9-18/h2-3,10,18H,4-9,11H2,1H3. The second-order valence-electron chi connectivity index (χ2n) is 4.92. The highest BCUT2D eigenvalue weighted by atomic mass is 35.5. The van der Waals surface area contributed by atoms with Crippen molar-refractivity contribution in [3.63, 3.8) is 0 Å². The molecule has 0 saturated carbocycles. The molecule has 0 atom stereocenters. The lowest BCUT2D eigenvalue weighted by atomic mass is 10.1. The van der Waals surface area contributed by atoms with E-state index in [1.165, 1.54) is 5.56 Å². The lowest BCUT2D eigenvalue weighted by Crippen LogP contribution is -2.46. The van der Waals surface area contributed by atoms with Crippen LogP contribution in [0.2, 0.25) is 5.02 Å². The molecule has 0 spiro atoms. The fraction of sp³-hybridized carbons (Fsp3) is 0.571.